The number of sulfone groups is 1. The number of rotatable bonds is 5. The van der Waals surface area contributed by atoms with E-state index in [1.807, 2.05) is 4.90 Å². The highest BCUT2D eigenvalue weighted by atomic mass is 32.2. The topological polar surface area (TPSA) is 83.9 Å². The molecule has 0 aromatic carbocycles. The van der Waals surface area contributed by atoms with E-state index in [9.17, 15) is 13.2 Å². The lowest BCUT2D eigenvalue weighted by Gasteiger charge is -2.30. The van der Waals surface area contributed by atoms with E-state index in [1.54, 1.807) is 6.92 Å². The molecule has 1 aliphatic heterocycles. The van der Waals surface area contributed by atoms with Gasteiger partial charge in [-0.3, -0.25) is 4.90 Å². The highest BCUT2D eigenvalue weighted by molar-refractivity contribution is 7.91. The molecular formula is C9H17NO5S. The first-order valence-corrected chi connectivity index (χ1v) is 7.04. The maximum atomic E-state index is 11.3. The van der Waals surface area contributed by atoms with Crippen LogP contribution in [0.15, 0.2) is 0 Å². The van der Waals surface area contributed by atoms with Crippen LogP contribution >= 0.6 is 0 Å². The van der Waals surface area contributed by atoms with Gasteiger partial charge in [0, 0.05) is 25.4 Å². The Morgan fingerprint density at radius 1 is 1.56 bits per heavy atom. The quantitative estimate of drug-likeness (QED) is 0.689. The minimum Gasteiger partial charge on any atom is -0.479 e. The van der Waals surface area contributed by atoms with Gasteiger partial charge in [-0.1, -0.05) is 6.92 Å². The number of carboxylic acids is 1. The van der Waals surface area contributed by atoms with Crippen molar-refractivity contribution >= 4 is 15.8 Å². The second kappa shape index (κ2) is 5.60. The standard InChI is InChI=1S/C9H17NO5S/c1-2-16(13,14)6-4-10-3-5-15-8(7-10)9(11)12/h8H,2-7H2,1H3,(H,11,12). The predicted molar refractivity (Wildman–Crippen MR) is 58.1 cm³/mol. The van der Waals surface area contributed by atoms with Gasteiger partial charge in [-0.2, -0.15) is 0 Å². The van der Waals surface area contributed by atoms with Crippen molar-refractivity contribution in [1.29, 1.82) is 0 Å². The van der Waals surface area contributed by atoms with Crippen molar-refractivity contribution in [3.63, 3.8) is 0 Å². The molecule has 16 heavy (non-hydrogen) atoms. The maximum absolute atomic E-state index is 11.3. The summed E-state index contributed by atoms with van der Waals surface area (Å²) in [7, 11) is -2.99. The Hall–Kier alpha value is -0.660. The van der Waals surface area contributed by atoms with E-state index in [0.717, 1.165) is 0 Å². The molecule has 1 unspecified atom stereocenters. The SMILES string of the molecule is CCS(=O)(=O)CCN1CCOC(C(=O)O)C1. The number of hydrogen-bond acceptors (Lipinski definition) is 5. The van der Waals surface area contributed by atoms with Gasteiger partial charge in [-0.05, 0) is 0 Å². The molecule has 0 aromatic rings. The normalized spacial score (nSPS) is 23.2. The summed E-state index contributed by atoms with van der Waals surface area (Å²) in [6, 6.07) is 0. The molecule has 1 N–H and O–H groups in total. The van der Waals surface area contributed by atoms with Crippen molar-refractivity contribution in [2.45, 2.75) is 13.0 Å². The monoisotopic (exact) mass is 251 g/mol. The number of aliphatic carboxylic acids is 1. The average molecular weight is 251 g/mol. The summed E-state index contributed by atoms with van der Waals surface area (Å²) in [5.74, 6) is -0.793. The highest BCUT2D eigenvalue weighted by Gasteiger charge is 2.26. The van der Waals surface area contributed by atoms with Crippen LogP contribution in [-0.4, -0.2) is 68.2 Å². The van der Waals surface area contributed by atoms with Crippen molar-refractivity contribution in [2.24, 2.45) is 0 Å². The van der Waals surface area contributed by atoms with Gasteiger partial charge < -0.3 is 9.84 Å². The van der Waals surface area contributed by atoms with Gasteiger partial charge in [0.15, 0.2) is 15.9 Å². The van der Waals surface area contributed by atoms with Crippen LogP contribution in [0.4, 0.5) is 0 Å². The number of morpholine rings is 1. The Kier molecular flexibility index (Phi) is 4.69. The third-order valence-electron chi connectivity index (χ3n) is 2.58. The summed E-state index contributed by atoms with van der Waals surface area (Å²) in [6.45, 7) is 3.17. The molecule has 0 bridgehead atoms. The van der Waals surface area contributed by atoms with E-state index < -0.39 is 21.9 Å². The molecule has 94 valence electrons. The summed E-state index contributed by atoms with van der Waals surface area (Å²) < 4.78 is 27.6. The van der Waals surface area contributed by atoms with Crippen molar-refractivity contribution in [3.8, 4) is 0 Å². The molecule has 1 saturated heterocycles. The molecular weight excluding hydrogens is 234 g/mol. The predicted octanol–water partition coefficient (Wildman–Crippen LogP) is -0.793. The highest BCUT2D eigenvalue weighted by Crippen LogP contribution is 2.05. The maximum Gasteiger partial charge on any atom is 0.334 e. The molecule has 1 atom stereocenters. The lowest BCUT2D eigenvalue weighted by Crippen LogP contribution is -2.47. The second-order valence-electron chi connectivity index (χ2n) is 3.73. The summed E-state index contributed by atoms with van der Waals surface area (Å²) in [5.41, 5.74) is 0. The Labute approximate surface area is 95.1 Å². The number of carboxylic acid groups (broad SMARTS) is 1. The zero-order valence-electron chi connectivity index (χ0n) is 9.26. The summed E-state index contributed by atoms with van der Waals surface area (Å²) in [6.07, 6.45) is -0.835. The molecule has 1 aliphatic rings. The van der Waals surface area contributed by atoms with Crippen LogP contribution in [0.2, 0.25) is 0 Å². The van der Waals surface area contributed by atoms with Crippen molar-refractivity contribution in [2.75, 3.05) is 37.7 Å². The third kappa shape index (κ3) is 4.07. The summed E-state index contributed by atoms with van der Waals surface area (Å²) >= 11 is 0. The van der Waals surface area contributed by atoms with Crippen molar-refractivity contribution < 1.29 is 23.1 Å². The van der Waals surface area contributed by atoms with E-state index in [0.29, 0.717) is 19.7 Å². The zero-order valence-corrected chi connectivity index (χ0v) is 10.1. The summed E-state index contributed by atoms with van der Waals surface area (Å²) in [5, 5.41) is 8.76. The first kappa shape index (κ1) is 13.4. The Bertz CT molecular complexity index is 340. The molecule has 6 nitrogen and oxygen atoms in total. The molecule has 0 spiro atoms. The fourth-order valence-electron chi connectivity index (χ4n) is 1.47. The first-order valence-electron chi connectivity index (χ1n) is 5.22. The van der Waals surface area contributed by atoms with Crippen LogP contribution in [0, 0.1) is 0 Å². The van der Waals surface area contributed by atoms with Crippen LogP contribution in [-0.2, 0) is 19.4 Å². The van der Waals surface area contributed by atoms with Gasteiger partial charge in [0.2, 0.25) is 0 Å². The van der Waals surface area contributed by atoms with Crippen LogP contribution in [0.3, 0.4) is 0 Å². The average Bonchev–Trinajstić information content (AvgIpc) is 2.27. The van der Waals surface area contributed by atoms with Crippen LogP contribution in [0.1, 0.15) is 6.92 Å². The van der Waals surface area contributed by atoms with Gasteiger partial charge >= 0.3 is 5.97 Å². The Balaban J connectivity index is 2.41. The number of nitrogens with zero attached hydrogens (tertiary/aromatic N) is 1. The molecule has 7 heteroatoms. The van der Waals surface area contributed by atoms with Gasteiger partial charge in [0.25, 0.3) is 0 Å². The van der Waals surface area contributed by atoms with E-state index in [4.69, 9.17) is 9.84 Å². The smallest absolute Gasteiger partial charge is 0.334 e. The number of ether oxygens (including phenoxy) is 1. The minimum absolute atomic E-state index is 0.0792. The largest absolute Gasteiger partial charge is 0.479 e. The number of carbonyl (C=O) groups is 1. The molecule has 1 rings (SSSR count). The second-order valence-corrected chi connectivity index (χ2v) is 6.21. The van der Waals surface area contributed by atoms with E-state index in [1.165, 1.54) is 0 Å². The van der Waals surface area contributed by atoms with Crippen LogP contribution in [0.25, 0.3) is 0 Å². The lowest BCUT2D eigenvalue weighted by molar-refractivity contribution is -0.155. The molecule has 0 aromatic heterocycles. The fraction of sp³-hybridized carbons (Fsp3) is 0.889. The first-order chi connectivity index (χ1) is 7.44. The molecule has 1 fully saturated rings. The van der Waals surface area contributed by atoms with Crippen LogP contribution < -0.4 is 0 Å². The molecule has 0 saturated carbocycles. The molecule has 1 heterocycles. The van der Waals surface area contributed by atoms with Gasteiger partial charge in [0.1, 0.15) is 0 Å². The van der Waals surface area contributed by atoms with Gasteiger partial charge in [-0.25, -0.2) is 13.2 Å². The fourth-order valence-corrected chi connectivity index (χ4v) is 2.29. The van der Waals surface area contributed by atoms with Crippen LogP contribution in [0.5, 0.6) is 0 Å². The van der Waals surface area contributed by atoms with Crippen molar-refractivity contribution in [1.82, 2.24) is 4.90 Å². The van der Waals surface area contributed by atoms with E-state index in [-0.39, 0.29) is 18.1 Å². The molecule has 0 amide bonds. The lowest BCUT2D eigenvalue weighted by atomic mass is 10.3. The third-order valence-corrected chi connectivity index (χ3v) is 4.27. The van der Waals surface area contributed by atoms with Crippen molar-refractivity contribution in [3.05, 3.63) is 0 Å². The minimum atomic E-state index is -2.99. The van der Waals surface area contributed by atoms with E-state index >= 15 is 0 Å². The summed E-state index contributed by atoms with van der Waals surface area (Å²) in [4.78, 5) is 12.5. The number of hydrogen-bond donors (Lipinski definition) is 1. The van der Waals surface area contributed by atoms with Gasteiger partial charge in [0.05, 0.1) is 12.4 Å². The zero-order chi connectivity index (χ0) is 12.2. The molecule has 0 radical (unpaired) electrons. The Morgan fingerprint density at radius 3 is 2.81 bits per heavy atom. The Morgan fingerprint density at radius 2 is 2.25 bits per heavy atom. The van der Waals surface area contributed by atoms with Gasteiger partial charge in [-0.15, -0.1) is 0 Å². The molecule has 0 aliphatic carbocycles. The van der Waals surface area contributed by atoms with E-state index in [2.05, 4.69) is 0 Å².